The number of aromatic nitrogens is 2. The van der Waals surface area contributed by atoms with Gasteiger partial charge >= 0.3 is 0 Å². The van der Waals surface area contributed by atoms with Crippen LogP contribution in [0.5, 0.6) is 5.88 Å². The molecule has 0 amide bonds. The number of nitrogen functional groups attached to an aromatic ring is 1. The van der Waals surface area contributed by atoms with Gasteiger partial charge in [0.15, 0.2) is 0 Å². The third kappa shape index (κ3) is 4.87. The Morgan fingerprint density at radius 1 is 1.17 bits per heavy atom. The molecule has 0 unspecified atom stereocenters. The molecule has 2 N–H and O–H groups in total. The van der Waals surface area contributed by atoms with E-state index in [0.29, 0.717) is 30.7 Å². The molecule has 0 aliphatic carbocycles. The minimum Gasteiger partial charge on any atom is -0.475 e. The lowest BCUT2D eigenvalue weighted by Crippen LogP contribution is -2.18. The lowest BCUT2D eigenvalue weighted by Gasteiger charge is -2.17. The van der Waals surface area contributed by atoms with Gasteiger partial charge < -0.3 is 15.2 Å². The maximum absolute atomic E-state index is 5.75. The molecule has 1 heterocycles. The number of hydrogen-bond acceptors (Lipinski definition) is 5. The van der Waals surface area contributed by atoms with E-state index in [9.17, 15) is 0 Å². The molecule has 102 valence electrons. The molecule has 5 nitrogen and oxygen atoms in total. The Balaban J connectivity index is 2.58. The third-order valence-electron chi connectivity index (χ3n) is 2.22. The number of anilines is 1. The van der Waals surface area contributed by atoms with Gasteiger partial charge in [-0.1, -0.05) is 27.7 Å². The first-order valence-corrected chi connectivity index (χ1v) is 6.29. The van der Waals surface area contributed by atoms with Crippen LogP contribution >= 0.6 is 0 Å². The Bertz CT molecular complexity index is 375. The van der Waals surface area contributed by atoms with Gasteiger partial charge in [-0.3, -0.25) is 0 Å². The molecule has 5 heteroatoms. The Kier molecular flexibility index (Phi) is 5.34. The molecule has 1 aromatic heterocycles. The highest BCUT2D eigenvalue weighted by molar-refractivity contribution is 5.34. The van der Waals surface area contributed by atoms with Crippen molar-refractivity contribution in [3.05, 3.63) is 11.9 Å². The zero-order chi connectivity index (χ0) is 13.6. The average Bonchev–Trinajstić information content (AvgIpc) is 2.27. The second kappa shape index (κ2) is 6.54. The summed E-state index contributed by atoms with van der Waals surface area (Å²) >= 11 is 0. The predicted octanol–water partition coefficient (Wildman–Crippen LogP) is 2.16. The number of nitrogens with two attached hydrogens (primary N) is 1. The summed E-state index contributed by atoms with van der Waals surface area (Å²) in [5, 5.41) is 0. The van der Waals surface area contributed by atoms with Crippen molar-refractivity contribution in [3.8, 4) is 5.88 Å². The van der Waals surface area contributed by atoms with E-state index in [0.717, 1.165) is 13.0 Å². The van der Waals surface area contributed by atoms with Gasteiger partial charge in [0.05, 0.1) is 6.61 Å². The number of rotatable bonds is 6. The summed E-state index contributed by atoms with van der Waals surface area (Å²) in [6, 6.07) is 1.63. The van der Waals surface area contributed by atoms with E-state index < -0.39 is 0 Å². The van der Waals surface area contributed by atoms with Crippen molar-refractivity contribution < 1.29 is 9.47 Å². The predicted molar refractivity (Wildman–Crippen MR) is 71.7 cm³/mol. The Morgan fingerprint density at radius 3 is 2.50 bits per heavy atom. The van der Waals surface area contributed by atoms with E-state index in [-0.39, 0.29) is 5.41 Å². The van der Waals surface area contributed by atoms with Gasteiger partial charge in [-0.25, -0.2) is 4.98 Å². The van der Waals surface area contributed by atoms with E-state index in [2.05, 4.69) is 16.9 Å². The fraction of sp³-hybridized carbons (Fsp3) is 0.692. The molecule has 1 aromatic rings. The van der Waals surface area contributed by atoms with Crippen LogP contribution in [0.15, 0.2) is 6.07 Å². The largest absolute Gasteiger partial charge is 0.475 e. The molecule has 0 aliphatic rings. The summed E-state index contributed by atoms with van der Waals surface area (Å²) in [5.74, 6) is 1.62. The summed E-state index contributed by atoms with van der Waals surface area (Å²) in [6.45, 7) is 9.97. The van der Waals surface area contributed by atoms with Crippen LogP contribution in [0, 0.1) is 0 Å². The molecule has 18 heavy (non-hydrogen) atoms. The van der Waals surface area contributed by atoms with Gasteiger partial charge in [-0.2, -0.15) is 4.98 Å². The molecule has 0 saturated carbocycles. The van der Waals surface area contributed by atoms with Gasteiger partial charge in [0.1, 0.15) is 18.2 Å². The smallest absolute Gasteiger partial charge is 0.218 e. The zero-order valence-corrected chi connectivity index (χ0v) is 11.7. The van der Waals surface area contributed by atoms with Crippen LogP contribution in [-0.4, -0.2) is 29.8 Å². The molecular weight excluding hydrogens is 230 g/mol. The first-order valence-electron chi connectivity index (χ1n) is 6.29. The molecular formula is C13H23N3O2. The fourth-order valence-corrected chi connectivity index (χ4v) is 1.30. The first kappa shape index (κ1) is 14.7. The van der Waals surface area contributed by atoms with Gasteiger partial charge in [-0.05, 0) is 6.42 Å². The third-order valence-corrected chi connectivity index (χ3v) is 2.22. The van der Waals surface area contributed by atoms with Crippen molar-refractivity contribution in [2.45, 2.75) is 39.5 Å². The maximum atomic E-state index is 5.75. The van der Waals surface area contributed by atoms with E-state index in [4.69, 9.17) is 15.2 Å². The molecule has 0 aliphatic heterocycles. The van der Waals surface area contributed by atoms with E-state index in [1.165, 1.54) is 0 Å². The van der Waals surface area contributed by atoms with Gasteiger partial charge in [0.2, 0.25) is 5.88 Å². The summed E-state index contributed by atoms with van der Waals surface area (Å²) in [4.78, 5) is 8.57. The summed E-state index contributed by atoms with van der Waals surface area (Å²) in [5.41, 5.74) is 5.60. The quantitative estimate of drug-likeness (QED) is 0.787. The van der Waals surface area contributed by atoms with Crippen LogP contribution in [0.1, 0.15) is 39.9 Å². The lowest BCUT2D eigenvalue weighted by molar-refractivity contribution is 0.0988. The normalized spacial score (nSPS) is 11.6. The molecule has 0 atom stereocenters. The van der Waals surface area contributed by atoms with Crippen molar-refractivity contribution in [1.82, 2.24) is 9.97 Å². The highest BCUT2D eigenvalue weighted by Gasteiger charge is 2.18. The van der Waals surface area contributed by atoms with E-state index in [1.54, 1.807) is 6.07 Å². The van der Waals surface area contributed by atoms with Gasteiger partial charge in [0, 0.05) is 18.1 Å². The summed E-state index contributed by atoms with van der Waals surface area (Å²) < 4.78 is 10.8. The zero-order valence-electron chi connectivity index (χ0n) is 11.7. The lowest BCUT2D eigenvalue weighted by atomic mass is 9.96. The highest BCUT2D eigenvalue weighted by atomic mass is 16.5. The average molecular weight is 253 g/mol. The molecule has 0 spiro atoms. The molecule has 1 rings (SSSR count). The maximum Gasteiger partial charge on any atom is 0.218 e. The Morgan fingerprint density at radius 2 is 1.89 bits per heavy atom. The van der Waals surface area contributed by atoms with Crippen LogP contribution in [0.25, 0.3) is 0 Å². The van der Waals surface area contributed by atoms with Crippen LogP contribution < -0.4 is 10.5 Å². The summed E-state index contributed by atoms with van der Waals surface area (Å²) in [7, 11) is 0. The molecule has 0 bridgehead atoms. The standard InChI is InChI=1S/C13H23N3O2/c1-5-6-17-7-8-18-11-9-10(14)15-12(16-11)13(2,3)4/h9H,5-8H2,1-4H3,(H2,14,15,16). The van der Waals surface area contributed by atoms with Crippen molar-refractivity contribution in [1.29, 1.82) is 0 Å². The summed E-state index contributed by atoms with van der Waals surface area (Å²) in [6.07, 6.45) is 1.01. The van der Waals surface area contributed by atoms with Crippen LogP contribution in [0.2, 0.25) is 0 Å². The fourth-order valence-electron chi connectivity index (χ4n) is 1.30. The highest BCUT2D eigenvalue weighted by Crippen LogP contribution is 2.21. The SMILES string of the molecule is CCCOCCOc1cc(N)nc(C(C)(C)C)n1. The van der Waals surface area contributed by atoms with Gasteiger partial charge in [0.25, 0.3) is 0 Å². The van der Waals surface area contributed by atoms with Crippen LogP contribution in [-0.2, 0) is 10.2 Å². The molecule has 0 fully saturated rings. The molecule has 0 saturated heterocycles. The first-order chi connectivity index (χ1) is 8.43. The van der Waals surface area contributed by atoms with Crippen LogP contribution in [0.3, 0.4) is 0 Å². The number of nitrogens with zero attached hydrogens (tertiary/aromatic N) is 2. The minimum absolute atomic E-state index is 0.147. The van der Waals surface area contributed by atoms with Crippen molar-refractivity contribution in [3.63, 3.8) is 0 Å². The minimum atomic E-state index is -0.147. The number of hydrogen-bond donors (Lipinski definition) is 1. The van der Waals surface area contributed by atoms with Gasteiger partial charge in [-0.15, -0.1) is 0 Å². The van der Waals surface area contributed by atoms with E-state index in [1.807, 2.05) is 20.8 Å². The van der Waals surface area contributed by atoms with Crippen molar-refractivity contribution in [2.75, 3.05) is 25.6 Å². The second-order valence-electron chi connectivity index (χ2n) is 5.17. The van der Waals surface area contributed by atoms with Crippen molar-refractivity contribution >= 4 is 5.82 Å². The second-order valence-corrected chi connectivity index (χ2v) is 5.17. The molecule has 0 radical (unpaired) electrons. The molecule has 0 aromatic carbocycles. The Labute approximate surface area is 109 Å². The van der Waals surface area contributed by atoms with Crippen LogP contribution in [0.4, 0.5) is 5.82 Å². The van der Waals surface area contributed by atoms with Crippen molar-refractivity contribution in [2.24, 2.45) is 0 Å². The monoisotopic (exact) mass is 253 g/mol. The number of ether oxygens (including phenoxy) is 2. The topological polar surface area (TPSA) is 70.3 Å². The van der Waals surface area contributed by atoms with E-state index >= 15 is 0 Å². The Hall–Kier alpha value is -1.36.